The zero-order valence-electron chi connectivity index (χ0n) is 9.43. The van der Waals surface area contributed by atoms with E-state index in [-0.39, 0.29) is 0 Å². The van der Waals surface area contributed by atoms with Gasteiger partial charge in [-0.1, -0.05) is 27.5 Å². The molecule has 0 unspecified atom stereocenters. The van der Waals surface area contributed by atoms with E-state index in [0.29, 0.717) is 33.2 Å². The monoisotopic (exact) mass is 339 g/mol. The molecule has 19 heavy (non-hydrogen) atoms. The van der Waals surface area contributed by atoms with Crippen molar-refractivity contribution in [3.05, 3.63) is 39.8 Å². The van der Waals surface area contributed by atoms with Crippen LogP contribution in [-0.2, 0) is 0 Å². The minimum Gasteiger partial charge on any atom is -0.453 e. The molecule has 96 valence electrons. The molecule has 0 aliphatic carbocycles. The predicted molar refractivity (Wildman–Crippen MR) is 75.4 cm³/mol. The van der Waals surface area contributed by atoms with Crippen LogP contribution in [0.4, 0.5) is 5.69 Å². The highest BCUT2D eigenvalue weighted by Crippen LogP contribution is 2.35. The Hall–Kier alpha value is -1.79. The SMILES string of the molecule is Nc1ccc(Oc2cc(Br)ccc2Cl)c2nonc12. The van der Waals surface area contributed by atoms with Crippen molar-refractivity contribution in [3.63, 3.8) is 0 Å². The first-order valence-electron chi connectivity index (χ1n) is 5.29. The van der Waals surface area contributed by atoms with Crippen molar-refractivity contribution in [1.82, 2.24) is 10.3 Å². The first-order valence-corrected chi connectivity index (χ1v) is 6.46. The summed E-state index contributed by atoms with van der Waals surface area (Å²) >= 11 is 9.43. The van der Waals surface area contributed by atoms with Gasteiger partial charge in [-0.25, -0.2) is 4.63 Å². The van der Waals surface area contributed by atoms with E-state index in [9.17, 15) is 0 Å². The number of aromatic nitrogens is 2. The number of ether oxygens (including phenoxy) is 1. The van der Waals surface area contributed by atoms with Gasteiger partial charge in [0.15, 0.2) is 16.8 Å². The highest BCUT2D eigenvalue weighted by molar-refractivity contribution is 9.10. The van der Waals surface area contributed by atoms with Crippen molar-refractivity contribution in [2.24, 2.45) is 0 Å². The van der Waals surface area contributed by atoms with Crippen molar-refractivity contribution in [2.45, 2.75) is 0 Å². The maximum Gasteiger partial charge on any atom is 0.179 e. The van der Waals surface area contributed by atoms with Crippen LogP contribution in [0.2, 0.25) is 5.02 Å². The molecule has 0 fully saturated rings. The Morgan fingerprint density at radius 2 is 1.89 bits per heavy atom. The van der Waals surface area contributed by atoms with Crippen molar-refractivity contribution in [3.8, 4) is 11.5 Å². The van der Waals surface area contributed by atoms with Crippen LogP contribution < -0.4 is 10.5 Å². The number of halogens is 2. The second-order valence-corrected chi connectivity index (χ2v) is 5.11. The van der Waals surface area contributed by atoms with E-state index < -0.39 is 0 Å². The van der Waals surface area contributed by atoms with E-state index in [4.69, 9.17) is 22.1 Å². The third-order valence-corrected chi connectivity index (χ3v) is 3.33. The van der Waals surface area contributed by atoms with Gasteiger partial charge in [0.25, 0.3) is 0 Å². The molecule has 1 aromatic heterocycles. The Kier molecular flexibility index (Phi) is 3.04. The van der Waals surface area contributed by atoms with Crippen molar-refractivity contribution < 1.29 is 9.37 Å². The number of rotatable bonds is 2. The van der Waals surface area contributed by atoms with Gasteiger partial charge in [-0.05, 0) is 40.6 Å². The normalized spacial score (nSPS) is 10.8. The van der Waals surface area contributed by atoms with Crippen LogP contribution in [-0.4, -0.2) is 10.3 Å². The van der Waals surface area contributed by atoms with Gasteiger partial charge in [0.2, 0.25) is 0 Å². The van der Waals surface area contributed by atoms with Gasteiger partial charge in [0.1, 0.15) is 5.75 Å². The molecule has 7 heteroatoms. The molecule has 0 amide bonds. The summed E-state index contributed by atoms with van der Waals surface area (Å²) in [4.78, 5) is 0. The van der Waals surface area contributed by atoms with Crippen molar-refractivity contribution >= 4 is 44.3 Å². The van der Waals surface area contributed by atoms with E-state index in [1.165, 1.54) is 0 Å². The van der Waals surface area contributed by atoms with Crippen LogP contribution in [0.3, 0.4) is 0 Å². The van der Waals surface area contributed by atoms with E-state index in [1.54, 1.807) is 24.3 Å². The minimum atomic E-state index is 0.455. The number of anilines is 1. The van der Waals surface area contributed by atoms with Gasteiger partial charge in [-0.3, -0.25) is 0 Å². The molecular weight excluding hydrogens is 334 g/mol. The predicted octanol–water partition coefficient (Wildman–Crippen LogP) is 4.01. The van der Waals surface area contributed by atoms with Crippen LogP contribution in [0.5, 0.6) is 11.5 Å². The third-order valence-electron chi connectivity index (χ3n) is 2.52. The quantitative estimate of drug-likeness (QED) is 0.713. The van der Waals surface area contributed by atoms with Gasteiger partial charge in [-0.15, -0.1) is 0 Å². The largest absolute Gasteiger partial charge is 0.453 e. The number of nitrogens with zero attached hydrogens (tertiary/aromatic N) is 2. The maximum absolute atomic E-state index is 6.07. The minimum absolute atomic E-state index is 0.455. The average molecular weight is 341 g/mol. The zero-order chi connectivity index (χ0) is 13.4. The van der Waals surface area contributed by atoms with Gasteiger partial charge < -0.3 is 10.5 Å². The highest BCUT2D eigenvalue weighted by atomic mass is 79.9. The maximum atomic E-state index is 6.07. The lowest BCUT2D eigenvalue weighted by Crippen LogP contribution is -1.91. The number of hydrogen-bond donors (Lipinski definition) is 1. The first-order chi connectivity index (χ1) is 9.15. The summed E-state index contributed by atoms with van der Waals surface area (Å²) in [5.41, 5.74) is 7.16. The van der Waals surface area contributed by atoms with Crippen LogP contribution >= 0.6 is 27.5 Å². The molecule has 2 N–H and O–H groups in total. The molecule has 3 rings (SSSR count). The van der Waals surface area contributed by atoms with Crippen LogP contribution in [0.1, 0.15) is 0 Å². The fraction of sp³-hybridized carbons (Fsp3) is 0. The van der Waals surface area contributed by atoms with Crippen LogP contribution in [0.15, 0.2) is 39.4 Å². The number of benzene rings is 2. The smallest absolute Gasteiger partial charge is 0.179 e. The molecule has 1 heterocycles. The Labute approximate surface area is 121 Å². The molecule has 0 saturated heterocycles. The van der Waals surface area contributed by atoms with Gasteiger partial charge in [0.05, 0.1) is 10.7 Å². The molecule has 0 atom stereocenters. The second kappa shape index (κ2) is 4.71. The molecule has 0 aliphatic heterocycles. The topological polar surface area (TPSA) is 74.2 Å². The molecule has 5 nitrogen and oxygen atoms in total. The summed E-state index contributed by atoms with van der Waals surface area (Å²) in [6.45, 7) is 0. The molecular formula is C12H7BrClN3O2. The fourth-order valence-electron chi connectivity index (χ4n) is 1.62. The Bertz CT molecular complexity index is 760. The number of fused-ring (bicyclic) bond motifs is 1. The van der Waals surface area contributed by atoms with E-state index in [2.05, 4.69) is 30.9 Å². The lowest BCUT2D eigenvalue weighted by molar-refractivity contribution is 0.314. The average Bonchev–Trinajstić information content (AvgIpc) is 2.87. The van der Waals surface area contributed by atoms with E-state index in [0.717, 1.165) is 4.47 Å². The summed E-state index contributed by atoms with van der Waals surface area (Å²) in [5.74, 6) is 0.982. The van der Waals surface area contributed by atoms with Crippen molar-refractivity contribution in [1.29, 1.82) is 0 Å². The van der Waals surface area contributed by atoms with Gasteiger partial charge >= 0.3 is 0 Å². The zero-order valence-corrected chi connectivity index (χ0v) is 11.8. The van der Waals surface area contributed by atoms with Crippen LogP contribution in [0.25, 0.3) is 11.0 Å². The third kappa shape index (κ3) is 2.24. The summed E-state index contributed by atoms with van der Waals surface area (Å²) in [6, 6.07) is 8.69. The van der Waals surface area contributed by atoms with Gasteiger partial charge in [0, 0.05) is 4.47 Å². The lowest BCUT2D eigenvalue weighted by atomic mass is 10.2. The molecule has 0 radical (unpaired) electrons. The Balaban J connectivity index is 2.08. The second-order valence-electron chi connectivity index (χ2n) is 3.79. The van der Waals surface area contributed by atoms with E-state index >= 15 is 0 Å². The summed E-state index contributed by atoms with van der Waals surface area (Å²) < 4.78 is 11.3. The van der Waals surface area contributed by atoms with Crippen molar-refractivity contribution in [2.75, 3.05) is 5.73 Å². The molecule has 0 saturated carbocycles. The van der Waals surface area contributed by atoms with E-state index in [1.807, 2.05) is 6.07 Å². The lowest BCUT2D eigenvalue weighted by Gasteiger charge is -2.08. The first kappa shape index (κ1) is 12.3. The van der Waals surface area contributed by atoms with Crippen LogP contribution in [0, 0.1) is 0 Å². The van der Waals surface area contributed by atoms with Gasteiger partial charge in [-0.2, -0.15) is 0 Å². The fourth-order valence-corrected chi connectivity index (χ4v) is 2.12. The molecule has 3 aromatic rings. The summed E-state index contributed by atoms with van der Waals surface area (Å²) in [7, 11) is 0. The molecule has 0 spiro atoms. The Morgan fingerprint density at radius 1 is 1.11 bits per heavy atom. The summed E-state index contributed by atoms with van der Waals surface area (Å²) in [6.07, 6.45) is 0. The number of nitrogen functional groups attached to an aromatic ring is 1. The standard InChI is InChI=1S/C12H7BrClN3O2/c13-6-1-2-7(14)10(5-6)18-9-4-3-8(15)11-12(9)17-19-16-11/h1-5H,15H2. The molecule has 0 bridgehead atoms. The number of nitrogens with two attached hydrogens (primary N) is 1. The molecule has 0 aliphatic rings. The summed E-state index contributed by atoms with van der Waals surface area (Å²) in [5, 5.41) is 8.00. The molecule has 2 aromatic carbocycles. The number of hydrogen-bond acceptors (Lipinski definition) is 5. The Morgan fingerprint density at radius 3 is 2.74 bits per heavy atom. The highest BCUT2D eigenvalue weighted by Gasteiger charge is 2.13.